The number of anilines is 1. The lowest BCUT2D eigenvalue weighted by Crippen LogP contribution is -2.51. The van der Waals surface area contributed by atoms with Gasteiger partial charge in [-0.25, -0.2) is 9.37 Å². The summed E-state index contributed by atoms with van der Waals surface area (Å²) in [5.74, 6) is -0.598. The lowest BCUT2D eigenvalue weighted by Gasteiger charge is -2.29. The summed E-state index contributed by atoms with van der Waals surface area (Å²) in [6.07, 6.45) is 6.12. The van der Waals surface area contributed by atoms with Crippen molar-refractivity contribution in [1.82, 2.24) is 25.5 Å². The number of piperidine rings is 1. The number of fused-ring (bicyclic) bond motifs is 2. The molecular formula is C38H43FN6O7S. The molecule has 4 N–H and O–H groups in total. The van der Waals surface area contributed by atoms with Crippen LogP contribution < -0.4 is 26.2 Å². The monoisotopic (exact) mass is 746 g/mol. The van der Waals surface area contributed by atoms with E-state index in [1.807, 2.05) is 0 Å². The van der Waals surface area contributed by atoms with Crippen LogP contribution in [0.1, 0.15) is 84.3 Å². The number of hydrogen-bond donors (Lipinski definition) is 4. The first-order valence-electron chi connectivity index (χ1n) is 18.2. The predicted molar refractivity (Wildman–Crippen MR) is 197 cm³/mol. The van der Waals surface area contributed by atoms with Crippen LogP contribution in [0, 0.1) is 11.7 Å². The molecule has 1 atom stereocenters. The number of allylic oxidation sites excluding steroid dienone is 1. The number of aromatic amines is 1. The van der Waals surface area contributed by atoms with Gasteiger partial charge < -0.3 is 30.4 Å². The minimum absolute atomic E-state index is 0.0342. The topological polar surface area (TPSA) is 172 Å². The lowest BCUT2D eigenvalue weighted by atomic mass is 9.95. The molecule has 3 aliphatic heterocycles. The van der Waals surface area contributed by atoms with Gasteiger partial charge in [-0.2, -0.15) is 11.8 Å². The van der Waals surface area contributed by atoms with E-state index in [0.29, 0.717) is 72.5 Å². The quantitative estimate of drug-likeness (QED) is 0.195. The number of rotatable bonds is 12. The maximum absolute atomic E-state index is 14.9. The molecule has 4 heterocycles. The first-order valence-corrected chi connectivity index (χ1v) is 19.3. The van der Waals surface area contributed by atoms with Crippen LogP contribution in [0.25, 0.3) is 10.9 Å². The summed E-state index contributed by atoms with van der Waals surface area (Å²) in [7, 11) is 0. The molecule has 280 valence electrons. The molecule has 15 heteroatoms. The Morgan fingerprint density at radius 3 is 2.62 bits per heavy atom. The van der Waals surface area contributed by atoms with Crippen LogP contribution in [0.3, 0.4) is 0 Å². The highest BCUT2D eigenvalue weighted by molar-refractivity contribution is 7.99. The third-order valence-corrected chi connectivity index (χ3v) is 11.7. The number of thioether (sulfide) groups is 1. The first-order chi connectivity index (χ1) is 25.6. The van der Waals surface area contributed by atoms with E-state index in [4.69, 9.17) is 9.47 Å². The van der Waals surface area contributed by atoms with Crippen molar-refractivity contribution in [2.24, 2.45) is 5.92 Å². The molecule has 3 aromatic rings. The number of H-pyrrole nitrogens is 1. The molecule has 0 spiro atoms. The number of hydrogen-bond acceptors (Lipinski definition) is 10. The van der Waals surface area contributed by atoms with Crippen LogP contribution >= 0.6 is 11.8 Å². The summed E-state index contributed by atoms with van der Waals surface area (Å²) in [6.45, 7) is 5.87. The summed E-state index contributed by atoms with van der Waals surface area (Å²) in [6, 6.07) is 6.94. The molecule has 13 nitrogen and oxygen atoms in total. The molecule has 1 aromatic heterocycles. The Bertz CT molecular complexity index is 1990. The normalized spacial score (nSPS) is 22.1. The summed E-state index contributed by atoms with van der Waals surface area (Å²) in [5, 5.41) is 9.13. The number of benzene rings is 2. The van der Waals surface area contributed by atoms with E-state index in [1.165, 1.54) is 6.07 Å². The smallest absolute Gasteiger partial charge is 0.264 e. The van der Waals surface area contributed by atoms with Crippen molar-refractivity contribution in [2.75, 3.05) is 31.7 Å². The molecule has 1 saturated carbocycles. The summed E-state index contributed by atoms with van der Waals surface area (Å²) in [5.41, 5.74) is 1.20. The van der Waals surface area contributed by atoms with E-state index in [9.17, 15) is 28.4 Å². The fourth-order valence-electron chi connectivity index (χ4n) is 7.45. The van der Waals surface area contributed by atoms with E-state index in [2.05, 4.69) is 32.5 Å². The van der Waals surface area contributed by atoms with Crippen molar-refractivity contribution >= 4 is 52.0 Å². The summed E-state index contributed by atoms with van der Waals surface area (Å²) >= 11 is 1.68. The molecule has 0 radical (unpaired) electrons. The van der Waals surface area contributed by atoms with Gasteiger partial charge in [0.1, 0.15) is 28.8 Å². The Hall–Kier alpha value is -4.76. The van der Waals surface area contributed by atoms with Gasteiger partial charge in [-0.05, 0) is 69.4 Å². The van der Waals surface area contributed by atoms with Gasteiger partial charge in [0.15, 0.2) is 0 Å². The third-order valence-electron chi connectivity index (χ3n) is 10.4. The molecular weight excluding hydrogens is 704 g/mol. The molecule has 3 fully saturated rings. The highest BCUT2D eigenvalue weighted by atomic mass is 32.2. The maximum atomic E-state index is 14.9. The number of halogens is 1. The van der Waals surface area contributed by atoms with Gasteiger partial charge in [0.2, 0.25) is 11.8 Å². The number of aromatic nitrogens is 2. The molecule has 2 saturated heterocycles. The molecule has 4 amide bonds. The lowest BCUT2D eigenvalue weighted by molar-refractivity contribution is -0.125. The number of carbonyl (C=O) groups is 4. The van der Waals surface area contributed by atoms with E-state index >= 15 is 0 Å². The zero-order valence-electron chi connectivity index (χ0n) is 29.3. The molecule has 0 bridgehead atoms. The number of carbonyl (C=O) groups excluding carboxylic acids is 4. The maximum Gasteiger partial charge on any atom is 0.264 e. The molecule has 1 unspecified atom stereocenters. The zero-order valence-corrected chi connectivity index (χ0v) is 30.2. The second-order valence-corrected chi connectivity index (χ2v) is 15.4. The SMILES string of the molecule is C=C1CCC(N2C(=O)c3cccc(NCCC(=O)NC4CCC(SCc5nc6cc(OCC7CCOCC7)cc(F)c6c(=O)[nH]5)CC4)c3C2=O)C(=O)N1. The van der Waals surface area contributed by atoms with Gasteiger partial charge in [0, 0.05) is 61.0 Å². The van der Waals surface area contributed by atoms with Gasteiger partial charge in [-0.1, -0.05) is 12.6 Å². The van der Waals surface area contributed by atoms with Crippen LogP contribution in [-0.4, -0.2) is 82.2 Å². The van der Waals surface area contributed by atoms with Gasteiger partial charge in [0.05, 0.1) is 29.0 Å². The van der Waals surface area contributed by atoms with Crippen LogP contribution in [-0.2, 0) is 20.1 Å². The average molecular weight is 747 g/mol. The van der Waals surface area contributed by atoms with E-state index in [-0.39, 0.29) is 46.9 Å². The Morgan fingerprint density at radius 1 is 1.06 bits per heavy atom. The molecule has 4 aliphatic rings. The van der Waals surface area contributed by atoms with Crippen molar-refractivity contribution in [3.8, 4) is 5.75 Å². The fourth-order valence-corrected chi connectivity index (χ4v) is 8.59. The van der Waals surface area contributed by atoms with Gasteiger partial charge in [-0.3, -0.25) is 28.9 Å². The van der Waals surface area contributed by atoms with E-state index in [0.717, 1.165) is 43.4 Å². The molecule has 2 aromatic carbocycles. The van der Waals surface area contributed by atoms with Crippen molar-refractivity contribution in [3.63, 3.8) is 0 Å². The highest BCUT2D eigenvalue weighted by Gasteiger charge is 2.45. The Labute approximate surface area is 309 Å². The van der Waals surface area contributed by atoms with Crippen LogP contribution in [0.5, 0.6) is 5.75 Å². The van der Waals surface area contributed by atoms with Crippen LogP contribution in [0.15, 0.2) is 47.4 Å². The zero-order chi connectivity index (χ0) is 37.1. The largest absolute Gasteiger partial charge is 0.493 e. The summed E-state index contributed by atoms with van der Waals surface area (Å²) < 4.78 is 26.2. The van der Waals surface area contributed by atoms with E-state index in [1.54, 1.807) is 36.0 Å². The Kier molecular flexibility index (Phi) is 11.1. The predicted octanol–water partition coefficient (Wildman–Crippen LogP) is 4.42. The van der Waals surface area contributed by atoms with Crippen molar-refractivity contribution in [3.05, 3.63) is 75.7 Å². The summed E-state index contributed by atoms with van der Waals surface area (Å²) in [4.78, 5) is 73.0. The van der Waals surface area contributed by atoms with E-state index < -0.39 is 35.1 Å². The molecule has 1 aliphatic carbocycles. The second kappa shape index (κ2) is 16.1. The first kappa shape index (κ1) is 36.6. The highest BCUT2D eigenvalue weighted by Crippen LogP contribution is 2.34. The minimum atomic E-state index is -0.897. The van der Waals surface area contributed by atoms with Crippen molar-refractivity contribution in [2.45, 2.75) is 80.9 Å². The van der Waals surface area contributed by atoms with Gasteiger partial charge in [0.25, 0.3) is 17.4 Å². The fraction of sp³-hybridized carbons (Fsp3) is 0.474. The molecule has 53 heavy (non-hydrogen) atoms. The number of nitrogens with zero attached hydrogens (tertiary/aromatic N) is 2. The van der Waals surface area contributed by atoms with Gasteiger partial charge >= 0.3 is 0 Å². The number of nitrogens with one attached hydrogen (secondary N) is 4. The average Bonchev–Trinajstić information content (AvgIpc) is 3.40. The minimum Gasteiger partial charge on any atom is -0.493 e. The number of ether oxygens (including phenoxy) is 2. The number of amides is 4. The Morgan fingerprint density at radius 2 is 1.85 bits per heavy atom. The van der Waals surface area contributed by atoms with Crippen LogP contribution in [0.4, 0.5) is 10.1 Å². The second-order valence-electron chi connectivity index (χ2n) is 14.1. The standard InChI is InChI=1S/C38H43FN6O7S/c1-21-5-10-30(35(47)41-21)45-37(49)26-3-2-4-28(33(26)38(45)50)40-14-11-32(46)42-23-6-8-25(9-7-23)53-20-31-43-29-18-24(17-27(39)34(29)36(48)44-31)52-19-22-12-15-51-16-13-22/h2-4,17-18,22-23,25,30,40H,1,5-16,19-20H2,(H,41,47)(H,42,46)(H,43,44,48). The molecule has 7 rings (SSSR count). The van der Waals surface area contributed by atoms with Crippen LogP contribution in [0.2, 0.25) is 0 Å². The number of imide groups is 1. The Balaban J connectivity index is 0.859. The van der Waals surface area contributed by atoms with Crippen molar-refractivity contribution in [1.29, 1.82) is 0 Å². The van der Waals surface area contributed by atoms with Crippen molar-refractivity contribution < 1.29 is 33.0 Å². The third kappa shape index (κ3) is 8.25. The van der Waals surface area contributed by atoms with Gasteiger partial charge in [-0.15, -0.1) is 0 Å².